The maximum Gasteiger partial charge on any atom is 0.377 e. The van der Waals surface area contributed by atoms with Crippen LogP contribution in [0.5, 0.6) is 0 Å². The molecule has 76 valence electrons. The summed E-state index contributed by atoms with van der Waals surface area (Å²) in [5.41, 5.74) is 0.547. The zero-order chi connectivity index (χ0) is 11.0. The van der Waals surface area contributed by atoms with Crippen molar-refractivity contribution in [3.05, 3.63) is 29.2 Å². The van der Waals surface area contributed by atoms with Gasteiger partial charge in [0.1, 0.15) is 0 Å². The minimum atomic E-state index is -1.50. The summed E-state index contributed by atoms with van der Waals surface area (Å²) in [6, 6.07) is 1.54. The van der Waals surface area contributed by atoms with Crippen molar-refractivity contribution in [3.8, 4) is 0 Å². The summed E-state index contributed by atoms with van der Waals surface area (Å²) in [5, 5.41) is 9.24. The summed E-state index contributed by atoms with van der Waals surface area (Å²) in [7, 11) is 0. The van der Waals surface area contributed by atoms with Crippen LogP contribution in [0, 0.1) is 0 Å². The lowest BCUT2D eigenvalue weighted by molar-refractivity contribution is -0.131. The Morgan fingerprint density at radius 2 is 2.20 bits per heavy atom. The van der Waals surface area contributed by atoms with Gasteiger partial charge in [-0.15, -0.1) is 0 Å². The van der Waals surface area contributed by atoms with E-state index in [2.05, 4.69) is 9.97 Å². The number of carbonyl (C=O) groups is 2. The molecule has 5 nitrogen and oxygen atoms in total. The summed E-state index contributed by atoms with van der Waals surface area (Å²) < 4.78 is 0. The van der Waals surface area contributed by atoms with E-state index in [1.807, 2.05) is 0 Å². The molecule has 0 aliphatic heterocycles. The average Bonchev–Trinajstić information content (AvgIpc) is 2.61. The largest absolute Gasteiger partial charge is 0.475 e. The van der Waals surface area contributed by atoms with Gasteiger partial charge in [-0.2, -0.15) is 0 Å². The highest BCUT2D eigenvalue weighted by Gasteiger charge is 2.19. The number of fused-ring (bicyclic) bond motifs is 1. The van der Waals surface area contributed by atoms with Crippen LogP contribution >= 0.6 is 11.6 Å². The van der Waals surface area contributed by atoms with Crippen molar-refractivity contribution < 1.29 is 14.7 Å². The van der Waals surface area contributed by atoms with E-state index < -0.39 is 11.8 Å². The van der Waals surface area contributed by atoms with Crippen LogP contribution in [0.2, 0.25) is 5.15 Å². The number of aliphatic carboxylic acids is 1. The Labute approximate surface area is 88.7 Å². The molecule has 0 amide bonds. The first-order valence-electron chi connectivity index (χ1n) is 4.00. The van der Waals surface area contributed by atoms with Crippen molar-refractivity contribution in [3.63, 3.8) is 0 Å². The first-order chi connectivity index (χ1) is 7.11. The third-order valence-electron chi connectivity index (χ3n) is 1.99. The lowest BCUT2D eigenvalue weighted by Crippen LogP contribution is -2.11. The molecule has 2 rings (SSSR count). The second kappa shape index (κ2) is 3.36. The quantitative estimate of drug-likeness (QED) is 0.460. The number of nitrogens with one attached hydrogen (secondary N) is 1. The summed E-state index contributed by atoms with van der Waals surface area (Å²) in [6.45, 7) is 0. The second-order valence-corrected chi connectivity index (χ2v) is 3.22. The Hall–Kier alpha value is -1.88. The van der Waals surface area contributed by atoms with Gasteiger partial charge in [0, 0.05) is 17.8 Å². The molecular weight excluding hydrogens is 220 g/mol. The van der Waals surface area contributed by atoms with E-state index in [4.69, 9.17) is 16.7 Å². The van der Waals surface area contributed by atoms with E-state index in [-0.39, 0.29) is 10.7 Å². The zero-order valence-electron chi connectivity index (χ0n) is 7.32. The van der Waals surface area contributed by atoms with E-state index in [0.717, 1.165) is 0 Å². The highest BCUT2D eigenvalue weighted by Crippen LogP contribution is 2.23. The molecule has 0 fully saturated rings. The van der Waals surface area contributed by atoms with Crippen LogP contribution in [0.25, 0.3) is 10.9 Å². The highest BCUT2D eigenvalue weighted by atomic mass is 35.5. The van der Waals surface area contributed by atoms with Gasteiger partial charge in [-0.25, -0.2) is 9.78 Å². The van der Waals surface area contributed by atoms with Crippen molar-refractivity contribution in [1.29, 1.82) is 0 Å². The fraction of sp³-hybridized carbons (Fsp3) is 0. The molecule has 0 aromatic carbocycles. The Morgan fingerprint density at radius 1 is 1.47 bits per heavy atom. The number of Topliss-reactive ketones (excluding diaryl/α,β-unsaturated/α-hetero) is 1. The van der Waals surface area contributed by atoms with Gasteiger partial charge in [-0.3, -0.25) is 4.79 Å². The number of hydrogen-bond donors (Lipinski definition) is 2. The molecule has 0 bridgehead atoms. The average molecular weight is 225 g/mol. The van der Waals surface area contributed by atoms with Gasteiger partial charge in [0.05, 0.1) is 11.1 Å². The highest BCUT2D eigenvalue weighted by molar-refractivity contribution is 6.43. The van der Waals surface area contributed by atoms with Gasteiger partial charge in [0.25, 0.3) is 5.78 Å². The SMILES string of the molecule is O=C(O)C(=O)c1c[nH]c2c(Cl)nccc12. The minimum absolute atomic E-state index is 0.0850. The summed E-state index contributed by atoms with van der Waals surface area (Å²) in [4.78, 5) is 28.3. The number of halogens is 1. The molecule has 2 heterocycles. The number of aromatic amines is 1. The smallest absolute Gasteiger partial charge is 0.377 e. The van der Waals surface area contributed by atoms with Crippen molar-refractivity contribution in [2.45, 2.75) is 0 Å². The van der Waals surface area contributed by atoms with Crippen molar-refractivity contribution >= 4 is 34.3 Å². The maximum absolute atomic E-state index is 11.2. The molecule has 0 aliphatic rings. The molecule has 0 unspecified atom stereocenters. The number of pyridine rings is 1. The molecule has 0 radical (unpaired) electrons. The Bertz CT molecular complexity index is 561. The lowest BCUT2D eigenvalue weighted by Gasteiger charge is -1.94. The first-order valence-corrected chi connectivity index (χ1v) is 4.38. The monoisotopic (exact) mass is 224 g/mol. The van der Waals surface area contributed by atoms with Crippen molar-refractivity contribution in [2.24, 2.45) is 0 Å². The third-order valence-corrected chi connectivity index (χ3v) is 2.28. The van der Waals surface area contributed by atoms with E-state index in [1.54, 1.807) is 0 Å². The molecular formula is C9H5ClN2O3. The number of rotatable bonds is 2. The normalized spacial score (nSPS) is 10.5. The number of carboxylic acids is 1. The van der Waals surface area contributed by atoms with Gasteiger partial charge in [-0.1, -0.05) is 11.6 Å². The van der Waals surface area contributed by atoms with Crippen LogP contribution in [0.1, 0.15) is 10.4 Å². The number of ketones is 1. The topological polar surface area (TPSA) is 83.0 Å². The van der Waals surface area contributed by atoms with Crippen LogP contribution in [0.3, 0.4) is 0 Å². The molecule has 0 saturated heterocycles. The molecule has 0 aliphatic carbocycles. The van der Waals surface area contributed by atoms with E-state index in [0.29, 0.717) is 10.9 Å². The fourth-order valence-corrected chi connectivity index (χ4v) is 1.54. The van der Waals surface area contributed by atoms with Gasteiger partial charge < -0.3 is 10.1 Å². The minimum Gasteiger partial charge on any atom is -0.475 e. The zero-order valence-corrected chi connectivity index (χ0v) is 8.08. The van der Waals surface area contributed by atoms with Gasteiger partial charge in [0.2, 0.25) is 0 Å². The number of nitrogens with zero attached hydrogens (tertiary/aromatic N) is 1. The number of hydrogen-bond acceptors (Lipinski definition) is 3. The molecule has 2 N–H and O–H groups in total. The van der Waals surface area contributed by atoms with Crippen molar-refractivity contribution in [1.82, 2.24) is 9.97 Å². The second-order valence-electron chi connectivity index (χ2n) is 2.86. The lowest BCUT2D eigenvalue weighted by atomic mass is 10.1. The summed E-state index contributed by atoms with van der Waals surface area (Å²) in [5.74, 6) is -2.47. The number of H-pyrrole nitrogens is 1. The number of carbonyl (C=O) groups excluding carboxylic acids is 1. The molecule has 0 spiro atoms. The van der Waals surface area contributed by atoms with Crippen LogP contribution in [-0.4, -0.2) is 26.8 Å². The first kappa shape index (κ1) is 9.67. The molecule has 2 aromatic rings. The predicted octanol–water partition coefficient (Wildman–Crippen LogP) is 1.48. The Kier molecular flexibility index (Phi) is 2.17. The summed E-state index contributed by atoms with van der Waals surface area (Å²) in [6.07, 6.45) is 2.73. The molecule has 0 saturated carbocycles. The van der Waals surface area contributed by atoms with E-state index >= 15 is 0 Å². The van der Waals surface area contributed by atoms with E-state index in [1.165, 1.54) is 18.5 Å². The summed E-state index contributed by atoms with van der Waals surface area (Å²) >= 11 is 5.75. The molecule has 6 heteroatoms. The predicted molar refractivity (Wildman–Crippen MR) is 53.1 cm³/mol. The van der Waals surface area contributed by atoms with Crippen LogP contribution in [0.4, 0.5) is 0 Å². The van der Waals surface area contributed by atoms with Crippen LogP contribution < -0.4 is 0 Å². The van der Waals surface area contributed by atoms with Gasteiger partial charge >= 0.3 is 5.97 Å². The maximum atomic E-state index is 11.2. The molecule has 15 heavy (non-hydrogen) atoms. The Balaban J connectivity index is 2.69. The van der Waals surface area contributed by atoms with Gasteiger partial charge in [-0.05, 0) is 6.07 Å². The van der Waals surface area contributed by atoms with Gasteiger partial charge in [0.15, 0.2) is 5.15 Å². The van der Waals surface area contributed by atoms with Crippen LogP contribution in [0.15, 0.2) is 18.5 Å². The van der Waals surface area contributed by atoms with Crippen molar-refractivity contribution in [2.75, 3.05) is 0 Å². The standard InChI is InChI=1S/C9H5ClN2O3/c10-8-6-4(1-2-11-8)5(3-12-6)7(13)9(14)15/h1-3,12H,(H,14,15). The van der Waals surface area contributed by atoms with Crippen LogP contribution in [-0.2, 0) is 4.79 Å². The Morgan fingerprint density at radius 3 is 2.87 bits per heavy atom. The molecule has 0 atom stereocenters. The van der Waals surface area contributed by atoms with E-state index in [9.17, 15) is 9.59 Å². The number of carboxylic acid groups (broad SMARTS) is 1. The third kappa shape index (κ3) is 1.46. The number of aromatic nitrogens is 2. The molecule has 2 aromatic heterocycles. The fourth-order valence-electron chi connectivity index (χ4n) is 1.32.